The van der Waals surface area contributed by atoms with Gasteiger partial charge < -0.3 is 4.74 Å². The largest absolute Gasteiger partial charge is 0.471 e. The van der Waals surface area contributed by atoms with Gasteiger partial charge in [-0.25, -0.2) is 9.67 Å². The number of anilines is 1. The van der Waals surface area contributed by atoms with Gasteiger partial charge in [-0.2, -0.15) is 5.10 Å². The molecule has 2 aromatic heterocycles. The summed E-state index contributed by atoms with van der Waals surface area (Å²) < 4.78 is 7.38. The lowest BCUT2D eigenvalue weighted by Crippen LogP contribution is -2.14. The van der Waals surface area contributed by atoms with Crippen molar-refractivity contribution in [1.29, 1.82) is 0 Å². The molecule has 2 heterocycles. The second-order valence-corrected chi connectivity index (χ2v) is 7.10. The Morgan fingerprint density at radius 1 is 1.24 bits per heavy atom. The van der Waals surface area contributed by atoms with Crippen molar-refractivity contribution in [2.75, 3.05) is 5.32 Å². The summed E-state index contributed by atoms with van der Waals surface area (Å²) in [5.41, 5.74) is 3.45. The van der Waals surface area contributed by atoms with E-state index < -0.39 is 0 Å². The first-order chi connectivity index (χ1) is 11.9. The van der Waals surface area contributed by atoms with Crippen LogP contribution in [0.3, 0.4) is 0 Å². The van der Waals surface area contributed by atoms with E-state index >= 15 is 0 Å². The Labute approximate surface area is 150 Å². The molecule has 0 saturated carbocycles. The van der Waals surface area contributed by atoms with Crippen LogP contribution in [0.15, 0.2) is 30.5 Å². The number of aryl methyl sites for hydroxylation is 4. The molecule has 0 spiro atoms. The smallest absolute Gasteiger partial charge is 0.277 e. The normalized spacial score (nSPS) is 10.7. The minimum atomic E-state index is -0.278. The zero-order valence-electron chi connectivity index (χ0n) is 14.7. The number of hydrogen-bond donors (Lipinski definition) is 1. The SMILES string of the molecule is Cc1ccc(C)c(OCn2ccc(C(=O)Nc3nc(C)c(C)s3)n2)c1. The highest BCUT2D eigenvalue weighted by Gasteiger charge is 2.13. The van der Waals surface area contributed by atoms with Crippen LogP contribution in [0.4, 0.5) is 5.13 Å². The first-order valence-corrected chi connectivity index (χ1v) is 8.73. The number of hydrogen-bond acceptors (Lipinski definition) is 5. The Balaban J connectivity index is 1.63. The zero-order chi connectivity index (χ0) is 18.0. The van der Waals surface area contributed by atoms with Crippen molar-refractivity contribution >= 4 is 22.4 Å². The predicted octanol–water partition coefficient (Wildman–Crippen LogP) is 3.86. The maximum Gasteiger partial charge on any atom is 0.277 e. The van der Waals surface area contributed by atoms with E-state index in [1.54, 1.807) is 16.9 Å². The monoisotopic (exact) mass is 356 g/mol. The number of aromatic nitrogens is 3. The average Bonchev–Trinajstić information content (AvgIpc) is 3.15. The van der Waals surface area contributed by atoms with E-state index in [1.807, 2.05) is 45.9 Å². The fourth-order valence-electron chi connectivity index (χ4n) is 2.24. The van der Waals surface area contributed by atoms with Gasteiger partial charge in [-0.15, -0.1) is 11.3 Å². The van der Waals surface area contributed by atoms with E-state index in [4.69, 9.17) is 4.74 Å². The fraction of sp³-hybridized carbons (Fsp3) is 0.278. The highest BCUT2D eigenvalue weighted by atomic mass is 32.1. The van der Waals surface area contributed by atoms with Crippen molar-refractivity contribution in [3.05, 3.63) is 57.9 Å². The molecule has 25 heavy (non-hydrogen) atoms. The summed E-state index contributed by atoms with van der Waals surface area (Å²) in [6.07, 6.45) is 1.72. The summed E-state index contributed by atoms with van der Waals surface area (Å²) in [5, 5.41) is 7.62. The summed E-state index contributed by atoms with van der Waals surface area (Å²) in [6, 6.07) is 7.71. The van der Waals surface area contributed by atoms with Crippen molar-refractivity contribution in [1.82, 2.24) is 14.8 Å². The van der Waals surface area contributed by atoms with Crippen molar-refractivity contribution in [2.45, 2.75) is 34.4 Å². The Hall–Kier alpha value is -2.67. The molecule has 1 amide bonds. The van der Waals surface area contributed by atoms with Gasteiger partial charge in [0.05, 0.1) is 5.69 Å². The topological polar surface area (TPSA) is 69.0 Å². The molecule has 0 aliphatic heterocycles. The molecule has 0 atom stereocenters. The number of rotatable bonds is 5. The average molecular weight is 356 g/mol. The highest BCUT2D eigenvalue weighted by Crippen LogP contribution is 2.22. The van der Waals surface area contributed by atoms with Gasteiger partial charge in [0.1, 0.15) is 5.75 Å². The van der Waals surface area contributed by atoms with E-state index in [0.717, 1.165) is 27.4 Å². The van der Waals surface area contributed by atoms with E-state index in [2.05, 4.69) is 15.4 Å². The number of carbonyl (C=O) groups is 1. The van der Waals surface area contributed by atoms with E-state index in [9.17, 15) is 4.79 Å². The predicted molar refractivity (Wildman–Crippen MR) is 98.3 cm³/mol. The summed E-state index contributed by atoms with van der Waals surface area (Å²) in [7, 11) is 0. The number of nitrogens with zero attached hydrogens (tertiary/aromatic N) is 3. The quantitative estimate of drug-likeness (QED) is 0.754. The number of carbonyl (C=O) groups excluding carboxylic acids is 1. The lowest BCUT2D eigenvalue weighted by Gasteiger charge is -2.09. The molecule has 0 radical (unpaired) electrons. The summed E-state index contributed by atoms with van der Waals surface area (Å²) in [5.74, 6) is 0.537. The van der Waals surface area contributed by atoms with Gasteiger partial charge in [0, 0.05) is 11.1 Å². The minimum Gasteiger partial charge on any atom is -0.471 e. The van der Waals surface area contributed by atoms with Gasteiger partial charge in [-0.05, 0) is 51.0 Å². The number of benzene rings is 1. The van der Waals surface area contributed by atoms with Gasteiger partial charge in [-0.1, -0.05) is 12.1 Å². The van der Waals surface area contributed by atoms with Crippen LogP contribution in [0, 0.1) is 27.7 Å². The lowest BCUT2D eigenvalue weighted by molar-refractivity contribution is 0.102. The molecule has 1 N–H and O–H groups in total. The third kappa shape index (κ3) is 4.06. The van der Waals surface area contributed by atoms with E-state index in [-0.39, 0.29) is 12.6 Å². The molecule has 1 aromatic carbocycles. The second kappa shape index (κ2) is 7.06. The molecule has 0 aliphatic rings. The van der Waals surface area contributed by atoms with Crippen LogP contribution in [0.2, 0.25) is 0 Å². The summed E-state index contributed by atoms with van der Waals surface area (Å²) in [6.45, 7) is 8.15. The molecule has 3 rings (SSSR count). The third-order valence-electron chi connectivity index (χ3n) is 3.82. The fourth-order valence-corrected chi connectivity index (χ4v) is 3.05. The number of thiazole rings is 1. The standard InChI is InChI=1S/C18H20N4O2S/c1-11-5-6-12(2)16(9-11)24-10-22-8-7-15(21-22)17(23)20-18-19-13(3)14(4)25-18/h5-9H,10H2,1-4H3,(H,19,20,23). The summed E-state index contributed by atoms with van der Waals surface area (Å²) >= 11 is 1.45. The first-order valence-electron chi connectivity index (χ1n) is 7.91. The van der Waals surface area contributed by atoms with Gasteiger partial charge >= 0.3 is 0 Å². The van der Waals surface area contributed by atoms with Crippen molar-refractivity contribution in [3.8, 4) is 5.75 Å². The third-order valence-corrected chi connectivity index (χ3v) is 4.81. The Morgan fingerprint density at radius 3 is 2.76 bits per heavy atom. The van der Waals surface area contributed by atoms with Crippen LogP contribution in [0.5, 0.6) is 5.75 Å². The van der Waals surface area contributed by atoms with Gasteiger partial charge in [-0.3, -0.25) is 10.1 Å². The maximum absolute atomic E-state index is 12.3. The number of ether oxygens (including phenoxy) is 1. The van der Waals surface area contributed by atoms with E-state index in [0.29, 0.717) is 10.8 Å². The molecular weight excluding hydrogens is 336 g/mol. The van der Waals surface area contributed by atoms with Crippen LogP contribution in [0.1, 0.15) is 32.2 Å². The first kappa shape index (κ1) is 17.2. The number of nitrogens with one attached hydrogen (secondary N) is 1. The van der Waals surface area contributed by atoms with Crippen molar-refractivity contribution in [3.63, 3.8) is 0 Å². The lowest BCUT2D eigenvalue weighted by atomic mass is 10.1. The molecule has 0 fully saturated rings. The van der Waals surface area contributed by atoms with Gasteiger partial charge in [0.2, 0.25) is 0 Å². The molecular formula is C18H20N4O2S. The Morgan fingerprint density at radius 2 is 2.04 bits per heavy atom. The number of amides is 1. The van der Waals surface area contributed by atoms with Crippen LogP contribution < -0.4 is 10.1 Å². The maximum atomic E-state index is 12.3. The Kier molecular flexibility index (Phi) is 4.85. The molecule has 3 aromatic rings. The van der Waals surface area contributed by atoms with Crippen LogP contribution >= 0.6 is 11.3 Å². The second-order valence-electron chi connectivity index (χ2n) is 5.90. The molecule has 0 aliphatic carbocycles. The Bertz CT molecular complexity index is 894. The van der Waals surface area contributed by atoms with Crippen LogP contribution in [0.25, 0.3) is 0 Å². The van der Waals surface area contributed by atoms with Crippen LogP contribution in [-0.4, -0.2) is 20.7 Å². The van der Waals surface area contributed by atoms with Crippen molar-refractivity contribution in [2.24, 2.45) is 0 Å². The van der Waals surface area contributed by atoms with E-state index in [1.165, 1.54) is 11.3 Å². The molecule has 0 saturated heterocycles. The van der Waals surface area contributed by atoms with Crippen molar-refractivity contribution < 1.29 is 9.53 Å². The zero-order valence-corrected chi connectivity index (χ0v) is 15.5. The molecule has 130 valence electrons. The molecule has 7 heteroatoms. The molecule has 0 unspecified atom stereocenters. The molecule has 6 nitrogen and oxygen atoms in total. The minimum absolute atomic E-state index is 0.243. The summed E-state index contributed by atoms with van der Waals surface area (Å²) in [4.78, 5) is 17.6. The van der Waals surface area contributed by atoms with Gasteiger partial charge in [0.25, 0.3) is 5.91 Å². The van der Waals surface area contributed by atoms with Gasteiger partial charge in [0.15, 0.2) is 17.6 Å². The highest BCUT2D eigenvalue weighted by molar-refractivity contribution is 7.15. The molecule has 0 bridgehead atoms. The van der Waals surface area contributed by atoms with Crippen LogP contribution in [-0.2, 0) is 6.73 Å².